The zero-order valence-corrected chi connectivity index (χ0v) is 9.25. The Hall–Kier alpha value is -1.15. The quantitative estimate of drug-likeness (QED) is 0.683. The second-order valence-electron chi connectivity index (χ2n) is 2.87. The molecule has 2 aromatic carbocycles. The van der Waals surface area contributed by atoms with Crippen LogP contribution in [0.1, 0.15) is 5.56 Å². The van der Waals surface area contributed by atoms with Crippen LogP contribution in [0, 0.1) is 20.7 Å². The predicted octanol–water partition coefficient (Wildman–Crippen LogP) is 3.46. The highest BCUT2D eigenvalue weighted by atomic mass is 127. The van der Waals surface area contributed by atoms with Crippen LogP contribution in [0.15, 0.2) is 30.3 Å². The van der Waals surface area contributed by atoms with E-state index in [2.05, 4.69) is 6.07 Å². The van der Waals surface area contributed by atoms with Crippen molar-refractivity contribution in [3.05, 3.63) is 45.3 Å². The number of nitrogens with zero attached hydrogens (tertiary/aromatic N) is 1. The molecule has 14 heavy (non-hydrogen) atoms. The molecule has 0 amide bonds. The van der Waals surface area contributed by atoms with Gasteiger partial charge in [0.2, 0.25) is 0 Å². The number of hydrogen-bond donors (Lipinski definition) is 0. The lowest BCUT2D eigenvalue weighted by Crippen LogP contribution is -1.88. The molecule has 0 aliphatic carbocycles. The number of halogens is 2. The van der Waals surface area contributed by atoms with E-state index in [4.69, 9.17) is 5.26 Å². The van der Waals surface area contributed by atoms with Crippen molar-refractivity contribution in [3.8, 4) is 6.07 Å². The zero-order valence-electron chi connectivity index (χ0n) is 7.09. The molecule has 3 heteroatoms. The number of benzene rings is 2. The highest BCUT2D eigenvalue weighted by molar-refractivity contribution is 14.1. The van der Waals surface area contributed by atoms with Gasteiger partial charge < -0.3 is 0 Å². The summed E-state index contributed by atoms with van der Waals surface area (Å²) >= 11 is 1.97. The summed E-state index contributed by atoms with van der Waals surface area (Å²) in [6, 6.07) is 10.5. The maximum atomic E-state index is 13.4. The van der Waals surface area contributed by atoms with E-state index in [0.717, 1.165) is 0 Å². The molecule has 0 N–H and O–H groups in total. The minimum absolute atomic E-state index is 0.274. The second-order valence-corrected chi connectivity index (χ2v) is 4.03. The van der Waals surface area contributed by atoms with E-state index >= 15 is 0 Å². The number of rotatable bonds is 0. The first-order chi connectivity index (χ1) is 6.74. The normalized spacial score (nSPS) is 10.1. The molecule has 0 fully saturated rings. The van der Waals surface area contributed by atoms with Crippen molar-refractivity contribution < 1.29 is 4.39 Å². The van der Waals surface area contributed by atoms with Gasteiger partial charge in [-0.15, -0.1) is 0 Å². The van der Waals surface area contributed by atoms with Gasteiger partial charge in [0.1, 0.15) is 11.9 Å². The van der Waals surface area contributed by atoms with Crippen LogP contribution in [0.25, 0.3) is 10.8 Å². The Kier molecular flexibility index (Phi) is 2.38. The molecule has 0 radical (unpaired) electrons. The van der Waals surface area contributed by atoms with Gasteiger partial charge in [-0.25, -0.2) is 4.39 Å². The van der Waals surface area contributed by atoms with Gasteiger partial charge >= 0.3 is 0 Å². The number of hydrogen-bond acceptors (Lipinski definition) is 1. The molecule has 0 bridgehead atoms. The van der Waals surface area contributed by atoms with E-state index < -0.39 is 0 Å². The molecule has 0 aliphatic rings. The molecule has 2 rings (SSSR count). The summed E-state index contributed by atoms with van der Waals surface area (Å²) in [6.45, 7) is 0. The molecule has 0 saturated heterocycles. The van der Waals surface area contributed by atoms with Gasteiger partial charge in [-0.05, 0) is 28.7 Å². The van der Waals surface area contributed by atoms with Crippen molar-refractivity contribution in [2.24, 2.45) is 0 Å². The van der Waals surface area contributed by atoms with Gasteiger partial charge in [0.25, 0.3) is 0 Å². The van der Waals surface area contributed by atoms with Crippen LogP contribution in [0.3, 0.4) is 0 Å². The Bertz CT molecular complexity index is 543. The lowest BCUT2D eigenvalue weighted by Gasteiger charge is -2.03. The average Bonchev–Trinajstić information content (AvgIpc) is 2.18. The summed E-state index contributed by atoms with van der Waals surface area (Å²) in [5.74, 6) is -0.274. The first kappa shape index (κ1) is 9.41. The monoisotopic (exact) mass is 297 g/mol. The third-order valence-corrected chi connectivity index (χ3v) is 2.91. The van der Waals surface area contributed by atoms with E-state index in [0.29, 0.717) is 19.9 Å². The van der Waals surface area contributed by atoms with Crippen LogP contribution in [0.5, 0.6) is 0 Å². The second kappa shape index (κ2) is 3.54. The minimum Gasteiger partial charge on any atom is -0.206 e. The summed E-state index contributed by atoms with van der Waals surface area (Å²) in [5, 5.41) is 10.1. The fourth-order valence-corrected chi connectivity index (χ4v) is 2.10. The highest BCUT2D eigenvalue weighted by Crippen LogP contribution is 2.25. The Morgan fingerprint density at radius 3 is 2.50 bits per heavy atom. The molecule has 0 spiro atoms. The van der Waals surface area contributed by atoms with Crippen molar-refractivity contribution in [2.75, 3.05) is 0 Å². The number of nitriles is 1. The predicted molar refractivity (Wildman–Crippen MR) is 61.3 cm³/mol. The third kappa shape index (κ3) is 1.36. The zero-order chi connectivity index (χ0) is 10.1. The Morgan fingerprint density at radius 1 is 1.21 bits per heavy atom. The lowest BCUT2D eigenvalue weighted by atomic mass is 10.1. The molecule has 0 aromatic heterocycles. The van der Waals surface area contributed by atoms with Crippen LogP contribution >= 0.6 is 22.6 Å². The van der Waals surface area contributed by atoms with E-state index in [-0.39, 0.29) is 5.82 Å². The fourth-order valence-electron chi connectivity index (χ4n) is 1.41. The van der Waals surface area contributed by atoms with Crippen LogP contribution in [-0.4, -0.2) is 0 Å². The largest absolute Gasteiger partial charge is 0.206 e. The summed E-state index contributed by atoms with van der Waals surface area (Å²) in [7, 11) is 0. The average molecular weight is 297 g/mol. The molecular weight excluding hydrogens is 292 g/mol. The van der Waals surface area contributed by atoms with Crippen molar-refractivity contribution in [1.82, 2.24) is 0 Å². The van der Waals surface area contributed by atoms with Gasteiger partial charge in [-0.1, -0.05) is 24.3 Å². The topological polar surface area (TPSA) is 23.8 Å². The van der Waals surface area contributed by atoms with Crippen LogP contribution in [0.2, 0.25) is 0 Å². The van der Waals surface area contributed by atoms with Crippen molar-refractivity contribution in [2.45, 2.75) is 0 Å². The summed E-state index contributed by atoms with van der Waals surface area (Å²) in [4.78, 5) is 0. The van der Waals surface area contributed by atoms with Crippen molar-refractivity contribution >= 4 is 33.4 Å². The maximum absolute atomic E-state index is 13.4. The van der Waals surface area contributed by atoms with Gasteiger partial charge in [0.05, 0.1) is 5.56 Å². The van der Waals surface area contributed by atoms with Crippen molar-refractivity contribution in [3.63, 3.8) is 0 Å². The Morgan fingerprint density at radius 2 is 1.86 bits per heavy atom. The number of fused-ring (bicyclic) bond motifs is 1. The smallest absolute Gasteiger partial charge is 0.132 e. The van der Waals surface area contributed by atoms with Crippen LogP contribution < -0.4 is 0 Å². The molecule has 0 heterocycles. The minimum atomic E-state index is -0.274. The SMILES string of the molecule is N#Cc1c(I)cc(F)c2ccccc12. The van der Waals surface area contributed by atoms with Crippen LogP contribution in [-0.2, 0) is 0 Å². The Balaban J connectivity index is 3.00. The summed E-state index contributed by atoms with van der Waals surface area (Å²) < 4.78 is 14.1. The molecule has 68 valence electrons. The molecule has 1 nitrogen and oxygen atoms in total. The van der Waals surface area contributed by atoms with Gasteiger partial charge in [-0.3, -0.25) is 0 Å². The lowest BCUT2D eigenvalue weighted by molar-refractivity contribution is 0.639. The first-order valence-corrected chi connectivity index (χ1v) is 5.09. The third-order valence-electron chi connectivity index (χ3n) is 2.06. The molecule has 0 saturated carbocycles. The van der Waals surface area contributed by atoms with E-state index in [1.807, 2.05) is 22.6 Å². The standard InChI is InChI=1S/C11H5FIN/c12-10-5-11(13)9(6-14)7-3-1-2-4-8(7)10/h1-5H. The first-order valence-electron chi connectivity index (χ1n) is 4.01. The molecule has 0 aliphatic heterocycles. The Labute approximate surface area is 94.3 Å². The summed E-state index contributed by atoms with van der Waals surface area (Å²) in [5.41, 5.74) is 0.544. The van der Waals surface area contributed by atoms with E-state index in [1.54, 1.807) is 24.3 Å². The van der Waals surface area contributed by atoms with E-state index in [9.17, 15) is 4.39 Å². The highest BCUT2D eigenvalue weighted by Gasteiger charge is 2.08. The van der Waals surface area contributed by atoms with E-state index in [1.165, 1.54) is 6.07 Å². The molecule has 0 atom stereocenters. The summed E-state index contributed by atoms with van der Waals surface area (Å²) in [6.07, 6.45) is 0. The maximum Gasteiger partial charge on any atom is 0.132 e. The van der Waals surface area contributed by atoms with Crippen molar-refractivity contribution in [1.29, 1.82) is 5.26 Å². The van der Waals surface area contributed by atoms with Crippen LogP contribution in [0.4, 0.5) is 4.39 Å². The van der Waals surface area contributed by atoms with Gasteiger partial charge in [0.15, 0.2) is 0 Å². The fraction of sp³-hybridized carbons (Fsp3) is 0. The molecular formula is C11H5FIN. The van der Waals surface area contributed by atoms with Gasteiger partial charge in [0, 0.05) is 14.3 Å². The van der Waals surface area contributed by atoms with Gasteiger partial charge in [-0.2, -0.15) is 5.26 Å². The molecule has 0 unspecified atom stereocenters. The molecule has 2 aromatic rings.